The van der Waals surface area contributed by atoms with Crippen LogP contribution in [0.1, 0.15) is 22.6 Å². The Morgan fingerprint density at radius 1 is 0.969 bits per heavy atom. The third-order valence-electron chi connectivity index (χ3n) is 5.50. The van der Waals surface area contributed by atoms with Gasteiger partial charge < -0.3 is 15.5 Å². The third-order valence-corrected chi connectivity index (χ3v) is 5.50. The van der Waals surface area contributed by atoms with Crippen LogP contribution in [0.2, 0.25) is 0 Å². The smallest absolute Gasteiger partial charge is 0.163 e. The van der Waals surface area contributed by atoms with E-state index in [9.17, 15) is 0 Å². The Hall–Kier alpha value is -3.78. The number of rotatable bonds is 5. The molecule has 4 aromatic rings. The summed E-state index contributed by atoms with van der Waals surface area (Å²) in [6, 6.07) is 14.2. The van der Waals surface area contributed by atoms with Gasteiger partial charge in [-0.3, -0.25) is 5.10 Å². The Bertz CT molecular complexity index is 1260. The number of aromatic nitrogens is 5. The van der Waals surface area contributed by atoms with Crippen molar-refractivity contribution in [3.8, 4) is 0 Å². The molecule has 4 heterocycles. The second-order valence-electron chi connectivity index (χ2n) is 7.95. The van der Waals surface area contributed by atoms with Crippen LogP contribution in [0.15, 0.2) is 42.5 Å². The summed E-state index contributed by atoms with van der Waals surface area (Å²) < 4.78 is 0. The number of piperazine rings is 1. The molecule has 32 heavy (non-hydrogen) atoms. The van der Waals surface area contributed by atoms with Gasteiger partial charge in [0.1, 0.15) is 11.6 Å². The van der Waals surface area contributed by atoms with E-state index in [0.29, 0.717) is 17.5 Å². The molecule has 0 unspecified atom stereocenters. The largest absolute Gasteiger partial charge is 0.354 e. The topological polar surface area (TPSA) is 94.6 Å². The number of pyridine rings is 1. The lowest BCUT2D eigenvalue weighted by Gasteiger charge is -2.28. The van der Waals surface area contributed by atoms with E-state index in [0.717, 1.165) is 59.9 Å². The van der Waals surface area contributed by atoms with Crippen LogP contribution in [-0.2, 0) is 0 Å². The van der Waals surface area contributed by atoms with E-state index >= 15 is 0 Å². The van der Waals surface area contributed by atoms with Crippen LogP contribution in [0, 0.1) is 13.8 Å². The molecule has 0 spiro atoms. The number of aryl methyl sites for hydroxylation is 2. The fourth-order valence-electron chi connectivity index (χ4n) is 3.98. The maximum atomic E-state index is 4.81. The van der Waals surface area contributed by atoms with Crippen molar-refractivity contribution in [2.45, 2.75) is 13.8 Å². The van der Waals surface area contributed by atoms with E-state index in [1.54, 1.807) is 0 Å². The van der Waals surface area contributed by atoms with Crippen LogP contribution in [-0.4, -0.2) is 51.3 Å². The molecule has 0 saturated carbocycles. The van der Waals surface area contributed by atoms with Crippen molar-refractivity contribution in [2.75, 3.05) is 36.4 Å². The van der Waals surface area contributed by atoms with Crippen LogP contribution in [0.5, 0.6) is 0 Å². The average molecular weight is 427 g/mol. The highest BCUT2D eigenvalue weighted by atomic mass is 15.3. The van der Waals surface area contributed by atoms with Crippen molar-refractivity contribution < 1.29 is 0 Å². The predicted octanol–water partition coefficient (Wildman–Crippen LogP) is 3.69. The normalized spacial score (nSPS) is 14.4. The molecule has 0 amide bonds. The van der Waals surface area contributed by atoms with Gasteiger partial charge in [-0.25, -0.2) is 15.0 Å². The molecule has 162 valence electrons. The first-order chi connectivity index (χ1) is 15.7. The minimum atomic E-state index is 0.651. The maximum absolute atomic E-state index is 4.81. The molecule has 5 rings (SSSR count). The first-order valence-corrected chi connectivity index (χ1v) is 10.8. The molecule has 0 radical (unpaired) electrons. The Kier molecular flexibility index (Phi) is 5.51. The van der Waals surface area contributed by atoms with Crippen molar-refractivity contribution >= 4 is 40.6 Å². The summed E-state index contributed by atoms with van der Waals surface area (Å²) in [6.07, 6.45) is 3.98. The van der Waals surface area contributed by atoms with Crippen molar-refractivity contribution in [2.24, 2.45) is 0 Å². The first kappa shape index (κ1) is 20.1. The quantitative estimate of drug-likeness (QED) is 0.448. The summed E-state index contributed by atoms with van der Waals surface area (Å²) >= 11 is 0. The SMILES string of the molecule is Cc1cc(C)c2c(Nc3cc(N4CCNCC4)nc(/C=C/c4ccccc4)n3)n[nH]c2n1. The third kappa shape index (κ3) is 4.31. The van der Waals surface area contributed by atoms with Crippen LogP contribution < -0.4 is 15.5 Å². The highest BCUT2D eigenvalue weighted by Gasteiger charge is 2.16. The molecule has 1 aliphatic rings. The van der Waals surface area contributed by atoms with Gasteiger partial charge in [0.15, 0.2) is 17.3 Å². The zero-order valence-electron chi connectivity index (χ0n) is 18.3. The number of hydrogen-bond acceptors (Lipinski definition) is 7. The van der Waals surface area contributed by atoms with Gasteiger partial charge in [0, 0.05) is 37.9 Å². The van der Waals surface area contributed by atoms with E-state index in [4.69, 9.17) is 9.97 Å². The van der Waals surface area contributed by atoms with Crippen LogP contribution >= 0.6 is 0 Å². The molecule has 1 aliphatic heterocycles. The molecule has 0 atom stereocenters. The summed E-state index contributed by atoms with van der Waals surface area (Å²) in [6.45, 7) is 7.75. The Morgan fingerprint density at radius 3 is 2.59 bits per heavy atom. The van der Waals surface area contributed by atoms with Gasteiger partial charge >= 0.3 is 0 Å². The van der Waals surface area contributed by atoms with E-state index in [2.05, 4.69) is 55.8 Å². The van der Waals surface area contributed by atoms with Crippen LogP contribution in [0.4, 0.5) is 17.5 Å². The summed E-state index contributed by atoms with van der Waals surface area (Å²) in [7, 11) is 0. The lowest BCUT2D eigenvalue weighted by Crippen LogP contribution is -2.44. The first-order valence-electron chi connectivity index (χ1n) is 10.8. The number of fused-ring (bicyclic) bond motifs is 1. The molecule has 3 N–H and O–H groups in total. The fourth-order valence-corrected chi connectivity index (χ4v) is 3.98. The number of benzene rings is 1. The molecular formula is C24H26N8. The van der Waals surface area contributed by atoms with Gasteiger partial charge in [0.25, 0.3) is 0 Å². The highest BCUT2D eigenvalue weighted by Crippen LogP contribution is 2.27. The Balaban J connectivity index is 1.51. The molecule has 8 nitrogen and oxygen atoms in total. The lowest BCUT2D eigenvalue weighted by molar-refractivity contribution is 0.584. The molecule has 1 saturated heterocycles. The summed E-state index contributed by atoms with van der Waals surface area (Å²) in [5.74, 6) is 2.97. The number of hydrogen-bond donors (Lipinski definition) is 3. The summed E-state index contributed by atoms with van der Waals surface area (Å²) in [5.41, 5.74) is 3.95. The van der Waals surface area contributed by atoms with Gasteiger partial charge in [-0.15, -0.1) is 0 Å². The minimum absolute atomic E-state index is 0.651. The van der Waals surface area contributed by atoms with Gasteiger partial charge in [-0.1, -0.05) is 36.4 Å². The molecule has 0 aliphatic carbocycles. The van der Waals surface area contributed by atoms with E-state index in [-0.39, 0.29) is 0 Å². The second kappa shape index (κ2) is 8.76. The van der Waals surface area contributed by atoms with Crippen molar-refractivity contribution in [1.82, 2.24) is 30.5 Å². The van der Waals surface area contributed by atoms with Gasteiger partial charge in [-0.2, -0.15) is 5.10 Å². The number of H-pyrrole nitrogens is 1. The Morgan fingerprint density at radius 2 is 1.78 bits per heavy atom. The maximum Gasteiger partial charge on any atom is 0.163 e. The highest BCUT2D eigenvalue weighted by molar-refractivity contribution is 5.91. The molecule has 3 aromatic heterocycles. The zero-order chi connectivity index (χ0) is 21.9. The summed E-state index contributed by atoms with van der Waals surface area (Å²) in [4.78, 5) is 16.4. The van der Waals surface area contributed by atoms with Crippen LogP contribution in [0.25, 0.3) is 23.2 Å². The monoisotopic (exact) mass is 426 g/mol. The number of anilines is 3. The lowest BCUT2D eigenvalue weighted by atomic mass is 10.2. The van der Waals surface area contributed by atoms with Crippen molar-refractivity contribution in [3.05, 3.63) is 65.1 Å². The molecule has 8 heteroatoms. The van der Waals surface area contributed by atoms with Gasteiger partial charge in [0.05, 0.1) is 5.39 Å². The number of nitrogens with one attached hydrogen (secondary N) is 3. The van der Waals surface area contributed by atoms with Crippen molar-refractivity contribution in [3.63, 3.8) is 0 Å². The van der Waals surface area contributed by atoms with E-state index < -0.39 is 0 Å². The number of aromatic amines is 1. The van der Waals surface area contributed by atoms with Gasteiger partial charge in [-0.05, 0) is 37.1 Å². The van der Waals surface area contributed by atoms with E-state index in [1.807, 2.05) is 43.3 Å². The zero-order valence-corrected chi connectivity index (χ0v) is 18.3. The molecule has 1 aromatic carbocycles. The minimum Gasteiger partial charge on any atom is -0.354 e. The standard InChI is InChI=1S/C24H26N8/c1-16-14-17(2)26-23-22(16)24(31-30-23)29-20-15-21(32-12-10-25-11-13-32)28-19(27-20)9-8-18-6-4-3-5-7-18/h3-9,14-15,25H,10-13H2,1-2H3,(H2,26,27,28,29,30,31)/b9-8+. The Labute approximate surface area is 186 Å². The summed E-state index contributed by atoms with van der Waals surface area (Å²) in [5, 5.41) is 15.2. The van der Waals surface area contributed by atoms with Crippen molar-refractivity contribution in [1.29, 1.82) is 0 Å². The fraction of sp³-hybridized carbons (Fsp3) is 0.250. The predicted molar refractivity (Wildman–Crippen MR) is 129 cm³/mol. The van der Waals surface area contributed by atoms with E-state index in [1.165, 1.54) is 0 Å². The molecular weight excluding hydrogens is 400 g/mol. The number of nitrogens with zero attached hydrogens (tertiary/aromatic N) is 5. The molecule has 0 bridgehead atoms. The average Bonchev–Trinajstić information content (AvgIpc) is 3.21. The van der Waals surface area contributed by atoms with Crippen LogP contribution in [0.3, 0.4) is 0 Å². The van der Waals surface area contributed by atoms with Gasteiger partial charge in [0.2, 0.25) is 0 Å². The molecule has 1 fully saturated rings. The second-order valence-corrected chi connectivity index (χ2v) is 7.95.